The minimum atomic E-state index is 0.0444. The highest BCUT2D eigenvalue weighted by molar-refractivity contribution is 7.09. The molecule has 1 aromatic carbocycles. The highest BCUT2D eigenvalue weighted by atomic mass is 32.1. The van der Waals surface area contributed by atoms with Gasteiger partial charge in [-0.3, -0.25) is 4.79 Å². The van der Waals surface area contributed by atoms with Crippen LogP contribution in [0.3, 0.4) is 0 Å². The Morgan fingerprint density at radius 1 is 1.50 bits per heavy atom. The van der Waals surface area contributed by atoms with Crippen molar-refractivity contribution in [2.45, 2.75) is 20.0 Å². The molecule has 0 radical (unpaired) electrons. The fraction of sp³-hybridized carbons (Fsp3) is 0.231. The van der Waals surface area contributed by atoms with E-state index in [9.17, 15) is 4.79 Å². The number of nitrogens with zero attached hydrogens (tertiary/aromatic N) is 2. The third-order valence-electron chi connectivity index (χ3n) is 3.03. The lowest BCUT2D eigenvalue weighted by molar-refractivity contribution is 0.0765. The van der Waals surface area contributed by atoms with Gasteiger partial charge in [0, 0.05) is 23.2 Å². The summed E-state index contributed by atoms with van der Waals surface area (Å²) in [6.07, 6.45) is 0. The molecule has 0 saturated carbocycles. The summed E-state index contributed by atoms with van der Waals surface area (Å²) in [7, 11) is 0. The quantitative estimate of drug-likeness (QED) is 0.841. The fourth-order valence-electron chi connectivity index (χ4n) is 2.18. The number of benzene rings is 1. The van der Waals surface area contributed by atoms with Crippen LogP contribution in [-0.4, -0.2) is 15.8 Å². The van der Waals surface area contributed by atoms with Crippen molar-refractivity contribution in [1.29, 1.82) is 0 Å². The van der Waals surface area contributed by atoms with Gasteiger partial charge in [-0.2, -0.15) is 0 Å². The molecule has 0 saturated heterocycles. The largest absolute Gasteiger partial charge is 0.399 e. The molecular formula is C13H13N3OS. The molecule has 4 nitrogen and oxygen atoms in total. The molecule has 1 aliphatic heterocycles. The Bertz CT molecular complexity index is 620. The molecule has 5 heteroatoms. The van der Waals surface area contributed by atoms with E-state index < -0.39 is 0 Å². The predicted molar refractivity (Wildman–Crippen MR) is 71.3 cm³/mol. The van der Waals surface area contributed by atoms with E-state index in [2.05, 4.69) is 4.98 Å². The maximum atomic E-state index is 12.2. The van der Waals surface area contributed by atoms with Crippen LogP contribution in [0.4, 0.5) is 5.69 Å². The van der Waals surface area contributed by atoms with E-state index >= 15 is 0 Å². The Morgan fingerprint density at radius 2 is 2.33 bits per heavy atom. The molecule has 2 N–H and O–H groups in total. The minimum absolute atomic E-state index is 0.0444. The van der Waals surface area contributed by atoms with E-state index in [1.54, 1.807) is 22.3 Å². The Labute approximate surface area is 109 Å². The van der Waals surface area contributed by atoms with Crippen LogP contribution in [-0.2, 0) is 13.1 Å². The molecule has 18 heavy (non-hydrogen) atoms. The van der Waals surface area contributed by atoms with Gasteiger partial charge in [0.15, 0.2) is 0 Å². The summed E-state index contributed by atoms with van der Waals surface area (Å²) >= 11 is 1.61. The Balaban J connectivity index is 1.84. The van der Waals surface area contributed by atoms with Gasteiger partial charge in [0.25, 0.3) is 5.91 Å². The zero-order chi connectivity index (χ0) is 12.7. The van der Waals surface area contributed by atoms with Crippen LogP contribution in [0, 0.1) is 6.92 Å². The van der Waals surface area contributed by atoms with Crippen molar-refractivity contribution in [2.75, 3.05) is 5.73 Å². The second-order valence-corrected chi connectivity index (χ2v) is 5.50. The number of anilines is 1. The van der Waals surface area contributed by atoms with E-state index in [0.717, 1.165) is 21.8 Å². The van der Waals surface area contributed by atoms with Crippen LogP contribution in [0.1, 0.15) is 26.6 Å². The van der Waals surface area contributed by atoms with Crippen LogP contribution in [0.15, 0.2) is 23.6 Å². The molecule has 0 fully saturated rings. The molecule has 1 aliphatic rings. The normalized spacial score (nSPS) is 14.1. The number of carbonyl (C=O) groups excluding carboxylic acids is 1. The first-order chi connectivity index (χ1) is 8.63. The lowest BCUT2D eigenvalue weighted by atomic mass is 10.1. The zero-order valence-corrected chi connectivity index (χ0v) is 10.8. The fourth-order valence-corrected chi connectivity index (χ4v) is 2.79. The van der Waals surface area contributed by atoms with Crippen molar-refractivity contribution >= 4 is 22.9 Å². The second-order valence-electron chi connectivity index (χ2n) is 4.44. The number of carbonyl (C=O) groups is 1. The SMILES string of the molecule is Cc1nc(CN2Cc3ccc(N)cc3C2=O)cs1. The lowest BCUT2D eigenvalue weighted by Crippen LogP contribution is -2.23. The molecule has 1 amide bonds. The molecule has 92 valence electrons. The van der Waals surface area contributed by atoms with Gasteiger partial charge in [0.05, 0.1) is 17.2 Å². The first kappa shape index (κ1) is 11.2. The third-order valence-corrected chi connectivity index (χ3v) is 3.85. The van der Waals surface area contributed by atoms with Crippen molar-refractivity contribution < 1.29 is 4.79 Å². The number of hydrogen-bond donors (Lipinski definition) is 1. The smallest absolute Gasteiger partial charge is 0.254 e. The number of fused-ring (bicyclic) bond motifs is 1. The maximum absolute atomic E-state index is 12.2. The maximum Gasteiger partial charge on any atom is 0.254 e. The molecule has 3 rings (SSSR count). The van der Waals surface area contributed by atoms with Gasteiger partial charge >= 0.3 is 0 Å². The topological polar surface area (TPSA) is 59.2 Å². The van der Waals surface area contributed by atoms with Crippen LogP contribution in [0.5, 0.6) is 0 Å². The number of amides is 1. The van der Waals surface area contributed by atoms with Crippen molar-refractivity contribution in [1.82, 2.24) is 9.88 Å². The van der Waals surface area contributed by atoms with Crippen LogP contribution in [0.25, 0.3) is 0 Å². The van der Waals surface area contributed by atoms with Crippen molar-refractivity contribution in [2.24, 2.45) is 0 Å². The van der Waals surface area contributed by atoms with E-state index in [4.69, 9.17) is 5.73 Å². The van der Waals surface area contributed by atoms with Gasteiger partial charge in [-0.15, -0.1) is 11.3 Å². The van der Waals surface area contributed by atoms with Gasteiger partial charge < -0.3 is 10.6 Å². The summed E-state index contributed by atoms with van der Waals surface area (Å²) in [5.41, 5.74) is 9.06. The van der Waals surface area contributed by atoms with E-state index in [0.29, 0.717) is 18.8 Å². The number of aryl methyl sites for hydroxylation is 1. The summed E-state index contributed by atoms with van der Waals surface area (Å²) in [5, 5.41) is 3.03. The molecule has 2 aromatic rings. The van der Waals surface area contributed by atoms with Gasteiger partial charge in [-0.05, 0) is 24.6 Å². The lowest BCUT2D eigenvalue weighted by Gasteiger charge is -2.13. The molecule has 2 heterocycles. The highest BCUT2D eigenvalue weighted by Gasteiger charge is 2.27. The van der Waals surface area contributed by atoms with Crippen LogP contribution in [0.2, 0.25) is 0 Å². The van der Waals surface area contributed by atoms with E-state index in [-0.39, 0.29) is 5.91 Å². The average Bonchev–Trinajstić information content (AvgIpc) is 2.86. The number of hydrogen-bond acceptors (Lipinski definition) is 4. The van der Waals surface area contributed by atoms with Crippen molar-refractivity contribution in [3.05, 3.63) is 45.4 Å². The Morgan fingerprint density at radius 3 is 3.06 bits per heavy atom. The third kappa shape index (κ3) is 1.86. The van der Waals surface area contributed by atoms with Gasteiger partial charge in [0.2, 0.25) is 0 Å². The van der Waals surface area contributed by atoms with Gasteiger partial charge in [-0.25, -0.2) is 4.98 Å². The molecule has 0 atom stereocenters. The summed E-state index contributed by atoms with van der Waals surface area (Å²) in [6, 6.07) is 5.52. The van der Waals surface area contributed by atoms with E-state index in [1.165, 1.54) is 0 Å². The minimum Gasteiger partial charge on any atom is -0.399 e. The number of rotatable bonds is 2. The van der Waals surface area contributed by atoms with Gasteiger partial charge in [-0.1, -0.05) is 6.07 Å². The molecule has 0 bridgehead atoms. The monoisotopic (exact) mass is 259 g/mol. The first-order valence-electron chi connectivity index (χ1n) is 5.72. The van der Waals surface area contributed by atoms with Gasteiger partial charge in [0.1, 0.15) is 0 Å². The Kier molecular flexibility index (Phi) is 2.56. The number of nitrogens with two attached hydrogens (primary N) is 1. The number of thiazole rings is 1. The summed E-state index contributed by atoms with van der Waals surface area (Å²) in [5.74, 6) is 0.0444. The summed E-state index contributed by atoms with van der Waals surface area (Å²) < 4.78 is 0. The number of nitrogen functional groups attached to an aromatic ring is 1. The van der Waals surface area contributed by atoms with Crippen molar-refractivity contribution in [3.8, 4) is 0 Å². The molecule has 1 aromatic heterocycles. The first-order valence-corrected chi connectivity index (χ1v) is 6.60. The summed E-state index contributed by atoms with van der Waals surface area (Å²) in [4.78, 5) is 18.4. The Hall–Kier alpha value is -1.88. The summed E-state index contributed by atoms with van der Waals surface area (Å²) in [6.45, 7) is 3.18. The van der Waals surface area contributed by atoms with E-state index in [1.807, 2.05) is 24.4 Å². The van der Waals surface area contributed by atoms with Crippen LogP contribution < -0.4 is 5.73 Å². The predicted octanol–water partition coefficient (Wildman–Crippen LogP) is 2.19. The van der Waals surface area contributed by atoms with Crippen molar-refractivity contribution in [3.63, 3.8) is 0 Å². The molecule has 0 spiro atoms. The molecular weight excluding hydrogens is 246 g/mol. The molecule has 0 aliphatic carbocycles. The highest BCUT2D eigenvalue weighted by Crippen LogP contribution is 2.26. The average molecular weight is 259 g/mol. The second kappa shape index (κ2) is 4.10. The van der Waals surface area contributed by atoms with Crippen LogP contribution >= 0.6 is 11.3 Å². The standard InChI is InChI=1S/C13H13N3OS/c1-8-15-11(7-18-8)6-16-5-9-2-3-10(14)4-12(9)13(16)17/h2-4,7H,5-6,14H2,1H3. The number of aromatic nitrogens is 1. The zero-order valence-electron chi connectivity index (χ0n) is 10.0. The molecule has 0 unspecified atom stereocenters.